The van der Waals surface area contributed by atoms with Crippen LogP contribution >= 0.6 is 0 Å². The van der Waals surface area contributed by atoms with Crippen molar-refractivity contribution in [2.75, 3.05) is 0 Å². The van der Waals surface area contributed by atoms with E-state index in [1.54, 1.807) is 0 Å². The molecule has 0 atom stereocenters. The second-order valence-electron chi connectivity index (χ2n) is 8.60. The summed E-state index contributed by atoms with van der Waals surface area (Å²) in [5.41, 5.74) is 8.13. The van der Waals surface area contributed by atoms with Crippen LogP contribution in [0.4, 0.5) is 0 Å². The van der Waals surface area contributed by atoms with Crippen LogP contribution in [0.25, 0.3) is 22.3 Å². The van der Waals surface area contributed by atoms with Gasteiger partial charge in [-0.1, -0.05) is 119 Å². The number of rotatable bonds is 12. The zero-order valence-corrected chi connectivity index (χ0v) is 19.0. The second kappa shape index (κ2) is 12.4. The van der Waals surface area contributed by atoms with Crippen LogP contribution in [0.1, 0.15) is 76.3 Å². The molecule has 0 heterocycles. The summed E-state index contributed by atoms with van der Waals surface area (Å²) < 4.78 is 0. The van der Waals surface area contributed by atoms with Crippen LogP contribution in [-0.4, -0.2) is 0 Å². The summed E-state index contributed by atoms with van der Waals surface area (Å²) in [6.07, 6.45) is 13.0. The lowest BCUT2D eigenvalue weighted by Gasteiger charge is -2.09. The van der Waals surface area contributed by atoms with E-state index in [9.17, 15) is 0 Å². The molecule has 0 saturated carbocycles. The highest BCUT2D eigenvalue weighted by molar-refractivity contribution is 5.73. The van der Waals surface area contributed by atoms with E-state index in [0.717, 1.165) is 0 Å². The van der Waals surface area contributed by atoms with Crippen molar-refractivity contribution >= 4 is 0 Å². The second-order valence-corrected chi connectivity index (χ2v) is 8.60. The van der Waals surface area contributed by atoms with Crippen LogP contribution < -0.4 is 0 Å². The van der Waals surface area contributed by atoms with Crippen molar-refractivity contribution in [1.82, 2.24) is 0 Å². The average molecular weight is 399 g/mol. The largest absolute Gasteiger partial charge is 0.0654 e. The fourth-order valence-corrected chi connectivity index (χ4v) is 4.12. The van der Waals surface area contributed by atoms with Gasteiger partial charge < -0.3 is 0 Å². The molecular formula is C30H38. The van der Waals surface area contributed by atoms with E-state index in [1.165, 1.54) is 97.6 Å². The number of aryl methyl sites for hydroxylation is 2. The van der Waals surface area contributed by atoms with E-state index < -0.39 is 0 Å². The molecule has 0 fully saturated rings. The van der Waals surface area contributed by atoms with Gasteiger partial charge in [0, 0.05) is 0 Å². The Hall–Kier alpha value is -2.34. The number of hydrogen-bond donors (Lipinski definition) is 0. The molecule has 3 aromatic carbocycles. The fraction of sp³-hybridized carbons (Fsp3) is 0.400. The Balaban J connectivity index is 1.63. The first-order chi connectivity index (χ1) is 14.8. The first-order valence-electron chi connectivity index (χ1n) is 12.1. The van der Waals surface area contributed by atoms with Crippen molar-refractivity contribution in [3.05, 3.63) is 83.9 Å². The summed E-state index contributed by atoms with van der Waals surface area (Å²) in [6, 6.07) is 27.3. The first-order valence-corrected chi connectivity index (χ1v) is 12.1. The maximum absolute atomic E-state index is 2.33. The topological polar surface area (TPSA) is 0 Å². The van der Waals surface area contributed by atoms with Gasteiger partial charge in [-0.25, -0.2) is 0 Å². The molecule has 0 radical (unpaired) electrons. The Morgan fingerprint density at radius 2 is 0.867 bits per heavy atom. The minimum Gasteiger partial charge on any atom is -0.0654 e. The molecule has 0 aliphatic carbocycles. The van der Waals surface area contributed by atoms with E-state index in [4.69, 9.17) is 0 Å². The minimum atomic E-state index is 1.20. The molecule has 0 nitrogen and oxygen atoms in total. The molecule has 30 heavy (non-hydrogen) atoms. The lowest BCUT2D eigenvalue weighted by atomic mass is 9.96. The van der Waals surface area contributed by atoms with E-state index in [2.05, 4.69) is 86.6 Å². The van der Waals surface area contributed by atoms with Crippen molar-refractivity contribution in [3.63, 3.8) is 0 Å². The molecule has 0 unspecified atom stereocenters. The maximum atomic E-state index is 2.33. The summed E-state index contributed by atoms with van der Waals surface area (Å²) in [5, 5.41) is 0. The van der Waals surface area contributed by atoms with E-state index in [1.807, 2.05) is 0 Å². The van der Waals surface area contributed by atoms with Crippen molar-refractivity contribution in [1.29, 1.82) is 0 Å². The van der Waals surface area contributed by atoms with Crippen molar-refractivity contribution in [3.8, 4) is 22.3 Å². The molecule has 0 amide bonds. The lowest BCUT2D eigenvalue weighted by molar-refractivity contribution is 0.667. The number of hydrogen-bond acceptors (Lipinski definition) is 0. The predicted octanol–water partition coefficient (Wildman–Crippen LogP) is 9.27. The van der Waals surface area contributed by atoms with Gasteiger partial charge in [0.15, 0.2) is 0 Å². The maximum Gasteiger partial charge on any atom is -0.0178 e. The monoisotopic (exact) mass is 398 g/mol. The van der Waals surface area contributed by atoms with Gasteiger partial charge in [-0.15, -0.1) is 0 Å². The van der Waals surface area contributed by atoms with Gasteiger partial charge in [0.2, 0.25) is 0 Å². The quantitative estimate of drug-likeness (QED) is 0.267. The molecule has 0 bridgehead atoms. The Morgan fingerprint density at radius 3 is 1.27 bits per heavy atom. The normalized spacial score (nSPS) is 11.0. The van der Waals surface area contributed by atoms with E-state index in [-0.39, 0.29) is 0 Å². The van der Waals surface area contributed by atoms with Gasteiger partial charge in [0.05, 0.1) is 0 Å². The van der Waals surface area contributed by atoms with Crippen LogP contribution in [0.15, 0.2) is 72.8 Å². The lowest BCUT2D eigenvalue weighted by Crippen LogP contribution is -1.88. The van der Waals surface area contributed by atoms with Gasteiger partial charge in [0.25, 0.3) is 0 Å². The minimum absolute atomic E-state index is 1.20. The summed E-state index contributed by atoms with van der Waals surface area (Å²) >= 11 is 0. The Labute approximate surface area is 184 Å². The van der Waals surface area contributed by atoms with E-state index in [0.29, 0.717) is 0 Å². The fourth-order valence-electron chi connectivity index (χ4n) is 4.12. The third-order valence-electron chi connectivity index (χ3n) is 6.08. The summed E-state index contributed by atoms with van der Waals surface area (Å²) in [7, 11) is 0. The van der Waals surface area contributed by atoms with Crippen molar-refractivity contribution in [2.45, 2.75) is 78.1 Å². The number of benzene rings is 3. The predicted molar refractivity (Wildman–Crippen MR) is 133 cm³/mol. The third kappa shape index (κ3) is 6.87. The summed E-state index contributed by atoms with van der Waals surface area (Å²) in [4.78, 5) is 0. The molecule has 0 aromatic heterocycles. The molecule has 0 spiro atoms. The van der Waals surface area contributed by atoms with Crippen LogP contribution in [0.3, 0.4) is 0 Å². The molecule has 0 heteroatoms. The molecule has 0 aliphatic heterocycles. The van der Waals surface area contributed by atoms with E-state index >= 15 is 0 Å². The van der Waals surface area contributed by atoms with Gasteiger partial charge >= 0.3 is 0 Å². The standard InChI is InChI=1S/C30H38/c1-3-5-7-9-12-25-16-20-27(21-17-25)29-14-11-15-30(24-29)28-22-18-26(19-23-28)13-10-8-6-4-2/h11,14-24H,3-10,12-13H2,1-2H3. The molecule has 0 N–H and O–H groups in total. The van der Waals surface area contributed by atoms with Gasteiger partial charge in [-0.05, 0) is 65.1 Å². The van der Waals surface area contributed by atoms with Gasteiger partial charge in [-0.2, -0.15) is 0 Å². The molecule has 0 saturated heterocycles. The van der Waals surface area contributed by atoms with Crippen molar-refractivity contribution < 1.29 is 0 Å². The van der Waals surface area contributed by atoms with Crippen LogP contribution in [-0.2, 0) is 12.8 Å². The molecule has 3 rings (SSSR count). The molecule has 3 aromatic rings. The van der Waals surface area contributed by atoms with Crippen LogP contribution in [0.5, 0.6) is 0 Å². The zero-order valence-electron chi connectivity index (χ0n) is 19.0. The Kier molecular flexibility index (Phi) is 9.22. The van der Waals surface area contributed by atoms with Crippen LogP contribution in [0, 0.1) is 0 Å². The summed E-state index contributed by atoms with van der Waals surface area (Å²) in [6.45, 7) is 4.54. The number of unbranched alkanes of at least 4 members (excludes halogenated alkanes) is 6. The SMILES string of the molecule is CCCCCCc1ccc(-c2cccc(-c3ccc(CCCCCC)cc3)c2)cc1. The third-order valence-corrected chi connectivity index (χ3v) is 6.08. The highest BCUT2D eigenvalue weighted by atomic mass is 14.1. The highest BCUT2D eigenvalue weighted by Crippen LogP contribution is 2.27. The highest BCUT2D eigenvalue weighted by Gasteiger charge is 2.03. The smallest absolute Gasteiger partial charge is 0.0178 e. The van der Waals surface area contributed by atoms with Gasteiger partial charge in [-0.3, -0.25) is 0 Å². The Bertz CT molecular complexity index is 785. The Morgan fingerprint density at radius 1 is 0.433 bits per heavy atom. The van der Waals surface area contributed by atoms with Crippen molar-refractivity contribution in [2.24, 2.45) is 0 Å². The molecular weight excluding hydrogens is 360 g/mol. The van der Waals surface area contributed by atoms with Crippen LogP contribution in [0.2, 0.25) is 0 Å². The van der Waals surface area contributed by atoms with Gasteiger partial charge in [0.1, 0.15) is 0 Å². The molecule has 158 valence electrons. The summed E-state index contributed by atoms with van der Waals surface area (Å²) in [5.74, 6) is 0. The zero-order chi connectivity index (χ0) is 21.0. The first kappa shape index (κ1) is 22.3. The molecule has 0 aliphatic rings. The average Bonchev–Trinajstić information content (AvgIpc) is 2.80.